The minimum atomic E-state index is 0.642. The molecule has 0 unspecified atom stereocenters. The molecule has 0 amide bonds. The quantitative estimate of drug-likeness (QED) is 0.513. The maximum absolute atomic E-state index is 6.31. The molecule has 2 N–H and O–H groups in total. The maximum Gasteiger partial charge on any atom is 0.0642 e. The number of rotatable bonds is 3. The average molecular weight is 352 g/mol. The number of nitrogens with zero attached hydrogens (tertiary/aromatic N) is 2. The Labute approximate surface area is 146 Å². The SMILES string of the molecule is NN=CC1=C(N2CCOCC2)C(=Cc2ccc(Cl)cc2Cl)CC1. The number of hydrazone groups is 1. The smallest absolute Gasteiger partial charge is 0.0642 e. The van der Waals surface area contributed by atoms with Crippen LogP contribution in [0.15, 0.2) is 40.1 Å². The number of nitrogens with two attached hydrogens (primary N) is 1. The highest BCUT2D eigenvalue weighted by Crippen LogP contribution is 2.36. The number of allylic oxidation sites excluding steroid dienone is 2. The molecular weight excluding hydrogens is 333 g/mol. The van der Waals surface area contributed by atoms with E-state index in [0.29, 0.717) is 10.0 Å². The van der Waals surface area contributed by atoms with Crippen molar-refractivity contribution in [2.45, 2.75) is 12.8 Å². The van der Waals surface area contributed by atoms with Gasteiger partial charge < -0.3 is 15.5 Å². The van der Waals surface area contributed by atoms with Gasteiger partial charge in [-0.3, -0.25) is 0 Å². The fourth-order valence-electron chi connectivity index (χ4n) is 3.07. The van der Waals surface area contributed by atoms with E-state index in [1.165, 1.54) is 16.8 Å². The van der Waals surface area contributed by atoms with Crippen molar-refractivity contribution in [3.63, 3.8) is 0 Å². The maximum atomic E-state index is 6.31. The van der Waals surface area contributed by atoms with Gasteiger partial charge in [0, 0.05) is 28.8 Å². The summed E-state index contributed by atoms with van der Waals surface area (Å²) in [5.74, 6) is 5.38. The Bertz CT molecular complexity index is 676. The lowest BCUT2D eigenvalue weighted by Gasteiger charge is -2.31. The third-order valence-corrected chi connectivity index (χ3v) is 4.68. The van der Waals surface area contributed by atoms with Crippen LogP contribution in [0.2, 0.25) is 10.0 Å². The van der Waals surface area contributed by atoms with Crippen molar-refractivity contribution < 1.29 is 4.74 Å². The zero-order chi connectivity index (χ0) is 16.2. The molecule has 1 aliphatic carbocycles. The monoisotopic (exact) mass is 351 g/mol. The number of hydrogen-bond acceptors (Lipinski definition) is 4. The van der Waals surface area contributed by atoms with Crippen LogP contribution in [0, 0.1) is 0 Å². The van der Waals surface area contributed by atoms with Crippen LogP contribution < -0.4 is 5.84 Å². The molecule has 0 spiro atoms. The first kappa shape index (κ1) is 16.4. The molecule has 1 fully saturated rings. The van der Waals surface area contributed by atoms with Crippen molar-refractivity contribution in [1.82, 2.24) is 4.90 Å². The van der Waals surface area contributed by atoms with Crippen LogP contribution in [0.4, 0.5) is 0 Å². The van der Waals surface area contributed by atoms with Crippen molar-refractivity contribution in [2.75, 3.05) is 26.3 Å². The summed E-state index contributed by atoms with van der Waals surface area (Å²) in [4.78, 5) is 2.35. The molecule has 4 nitrogen and oxygen atoms in total. The van der Waals surface area contributed by atoms with Gasteiger partial charge >= 0.3 is 0 Å². The molecule has 1 aromatic rings. The highest BCUT2D eigenvalue weighted by molar-refractivity contribution is 6.35. The van der Waals surface area contributed by atoms with Gasteiger partial charge in [-0.1, -0.05) is 29.3 Å². The number of benzene rings is 1. The van der Waals surface area contributed by atoms with Crippen molar-refractivity contribution in [1.29, 1.82) is 0 Å². The van der Waals surface area contributed by atoms with Gasteiger partial charge in [-0.15, -0.1) is 0 Å². The van der Waals surface area contributed by atoms with E-state index in [1.54, 1.807) is 12.3 Å². The number of hydrogen-bond donors (Lipinski definition) is 1. The Morgan fingerprint density at radius 2 is 1.96 bits per heavy atom. The van der Waals surface area contributed by atoms with Gasteiger partial charge in [0.15, 0.2) is 0 Å². The molecule has 1 heterocycles. The molecule has 0 bridgehead atoms. The molecule has 0 radical (unpaired) electrons. The zero-order valence-corrected chi connectivity index (χ0v) is 14.3. The molecule has 0 atom stereocenters. The summed E-state index contributed by atoms with van der Waals surface area (Å²) >= 11 is 12.3. The van der Waals surface area contributed by atoms with E-state index in [1.807, 2.05) is 12.1 Å². The lowest BCUT2D eigenvalue weighted by atomic mass is 10.1. The summed E-state index contributed by atoms with van der Waals surface area (Å²) in [6, 6.07) is 5.57. The molecule has 6 heteroatoms. The Kier molecular flexibility index (Phi) is 5.26. The molecule has 3 rings (SSSR count). The minimum absolute atomic E-state index is 0.642. The second kappa shape index (κ2) is 7.39. The molecule has 0 aromatic heterocycles. The average Bonchev–Trinajstić information content (AvgIpc) is 2.94. The number of morpholine rings is 1. The first-order chi connectivity index (χ1) is 11.2. The van der Waals surface area contributed by atoms with Crippen LogP contribution in [0.1, 0.15) is 18.4 Å². The largest absolute Gasteiger partial charge is 0.378 e. The molecule has 122 valence electrons. The topological polar surface area (TPSA) is 50.8 Å². The fourth-order valence-corrected chi connectivity index (χ4v) is 3.53. The fraction of sp³-hybridized carbons (Fsp3) is 0.353. The van der Waals surface area contributed by atoms with Crippen molar-refractivity contribution >= 4 is 35.5 Å². The van der Waals surface area contributed by atoms with Crippen LogP contribution >= 0.6 is 23.2 Å². The lowest BCUT2D eigenvalue weighted by Crippen LogP contribution is -2.36. The lowest BCUT2D eigenvalue weighted by molar-refractivity contribution is 0.0548. The van der Waals surface area contributed by atoms with E-state index < -0.39 is 0 Å². The summed E-state index contributed by atoms with van der Waals surface area (Å²) in [5.41, 5.74) is 4.62. The van der Waals surface area contributed by atoms with Gasteiger partial charge in [0.05, 0.1) is 19.4 Å². The molecular formula is C17H19Cl2N3O. The number of halogens is 2. The highest BCUT2D eigenvalue weighted by atomic mass is 35.5. The second-order valence-electron chi connectivity index (χ2n) is 5.59. The summed E-state index contributed by atoms with van der Waals surface area (Å²) < 4.78 is 5.46. The Morgan fingerprint density at radius 3 is 2.65 bits per heavy atom. The normalized spacial score (nSPS) is 21.0. The van der Waals surface area contributed by atoms with Crippen LogP contribution in [0.25, 0.3) is 6.08 Å². The minimum Gasteiger partial charge on any atom is -0.378 e. The third kappa shape index (κ3) is 3.71. The van der Waals surface area contributed by atoms with E-state index in [9.17, 15) is 0 Å². The predicted octanol–water partition coefficient (Wildman–Crippen LogP) is 3.70. The van der Waals surface area contributed by atoms with E-state index in [2.05, 4.69) is 16.1 Å². The third-order valence-electron chi connectivity index (χ3n) is 4.12. The predicted molar refractivity (Wildman–Crippen MR) is 95.8 cm³/mol. The summed E-state index contributed by atoms with van der Waals surface area (Å²) in [7, 11) is 0. The zero-order valence-electron chi connectivity index (χ0n) is 12.8. The Morgan fingerprint density at radius 1 is 1.17 bits per heavy atom. The standard InChI is InChI=1S/C17H19Cl2N3O/c18-15-4-3-12(16(19)10-15)9-13-1-2-14(11-21-20)17(13)22-5-7-23-8-6-22/h3-4,9-11H,1-2,5-8,20H2. The van der Waals surface area contributed by atoms with E-state index in [4.69, 9.17) is 33.8 Å². The summed E-state index contributed by atoms with van der Waals surface area (Å²) in [6.07, 6.45) is 5.79. The van der Waals surface area contributed by atoms with E-state index in [0.717, 1.165) is 44.7 Å². The second-order valence-corrected chi connectivity index (χ2v) is 6.43. The summed E-state index contributed by atoms with van der Waals surface area (Å²) in [6.45, 7) is 3.24. The molecule has 2 aliphatic rings. The Hall–Kier alpha value is -1.49. The van der Waals surface area contributed by atoms with Crippen molar-refractivity contribution in [3.8, 4) is 0 Å². The van der Waals surface area contributed by atoms with Crippen LogP contribution in [-0.4, -0.2) is 37.4 Å². The van der Waals surface area contributed by atoms with Gasteiger partial charge in [-0.25, -0.2) is 0 Å². The van der Waals surface area contributed by atoms with Gasteiger partial charge in [0.2, 0.25) is 0 Å². The van der Waals surface area contributed by atoms with Gasteiger partial charge in [-0.2, -0.15) is 5.10 Å². The Balaban J connectivity index is 1.98. The highest BCUT2D eigenvalue weighted by Gasteiger charge is 2.25. The van der Waals surface area contributed by atoms with Crippen LogP contribution in [-0.2, 0) is 4.74 Å². The van der Waals surface area contributed by atoms with Gasteiger partial charge in [0.25, 0.3) is 0 Å². The molecule has 0 saturated carbocycles. The van der Waals surface area contributed by atoms with Gasteiger partial charge in [-0.05, 0) is 47.8 Å². The molecule has 1 saturated heterocycles. The molecule has 23 heavy (non-hydrogen) atoms. The number of ether oxygens (including phenoxy) is 1. The van der Waals surface area contributed by atoms with Crippen molar-refractivity contribution in [3.05, 3.63) is 50.7 Å². The summed E-state index contributed by atoms with van der Waals surface area (Å²) in [5, 5.41) is 5.02. The van der Waals surface area contributed by atoms with Gasteiger partial charge in [0.1, 0.15) is 0 Å². The van der Waals surface area contributed by atoms with E-state index >= 15 is 0 Å². The van der Waals surface area contributed by atoms with Crippen LogP contribution in [0.5, 0.6) is 0 Å². The first-order valence-electron chi connectivity index (χ1n) is 7.64. The molecule has 1 aliphatic heterocycles. The van der Waals surface area contributed by atoms with Crippen LogP contribution in [0.3, 0.4) is 0 Å². The van der Waals surface area contributed by atoms with Crippen molar-refractivity contribution in [2.24, 2.45) is 10.9 Å². The first-order valence-corrected chi connectivity index (χ1v) is 8.39. The molecule has 1 aromatic carbocycles. The van der Waals surface area contributed by atoms with E-state index in [-0.39, 0.29) is 0 Å².